The lowest BCUT2D eigenvalue weighted by Gasteiger charge is -2.23. The Morgan fingerprint density at radius 3 is 2.75 bits per heavy atom. The molecule has 1 heterocycles. The van der Waals surface area contributed by atoms with Gasteiger partial charge in [-0.3, -0.25) is 0 Å². The van der Waals surface area contributed by atoms with Crippen molar-refractivity contribution in [2.45, 2.75) is 19.4 Å². The van der Waals surface area contributed by atoms with Crippen LogP contribution in [0.5, 0.6) is 0 Å². The van der Waals surface area contributed by atoms with Crippen LogP contribution in [0.1, 0.15) is 25.0 Å². The summed E-state index contributed by atoms with van der Waals surface area (Å²) in [6, 6.07) is 4.86. The van der Waals surface area contributed by atoms with Gasteiger partial charge in [-0.1, -0.05) is 25.1 Å². The maximum atomic E-state index is 14.2. The highest BCUT2D eigenvalue weighted by molar-refractivity contribution is 5.53. The molecule has 2 N–H and O–H groups in total. The molecule has 2 unspecified atom stereocenters. The zero-order chi connectivity index (χ0) is 14.5. The maximum absolute atomic E-state index is 14.2. The number of rotatable bonds is 5. The first-order valence-corrected chi connectivity index (χ1v) is 6.82. The van der Waals surface area contributed by atoms with Crippen molar-refractivity contribution in [1.29, 1.82) is 0 Å². The number of hydrogen-bond donors (Lipinski definition) is 2. The van der Waals surface area contributed by atoms with Crippen molar-refractivity contribution in [3.8, 4) is 0 Å². The Labute approximate surface area is 118 Å². The van der Waals surface area contributed by atoms with Gasteiger partial charge in [-0.25, -0.2) is 4.39 Å². The van der Waals surface area contributed by atoms with Crippen LogP contribution in [0, 0.1) is 11.7 Å². The molecule has 4 heteroatoms. The molecule has 0 aliphatic carbocycles. The Morgan fingerprint density at radius 1 is 1.35 bits per heavy atom. The van der Waals surface area contributed by atoms with Gasteiger partial charge in [-0.2, -0.15) is 0 Å². The van der Waals surface area contributed by atoms with Crippen molar-refractivity contribution in [3.05, 3.63) is 54.0 Å². The van der Waals surface area contributed by atoms with Gasteiger partial charge >= 0.3 is 0 Å². The molecule has 0 amide bonds. The monoisotopic (exact) mass is 277 g/mol. The van der Waals surface area contributed by atoms with Crippen LogP contribution in [0.15, 0.2) is 42.6 Å². The van der Waals surface area contributed by atoms with Crippen molar-refractivity contribution in [2.24, 2.45) is 5.92 Å². The quantitative estimate of drug-likeness (QED) is 0.869. The van der Waals surface area contributed by atoms with Crippen molar-refractivity contribution >= 4 is 5.69 Å². The highest BCUT2D eigenvalue weighted by Gasteiger charge is 2.20. The van der Waals surface area contributed by atoms with Crippen molar-refractivity contribution in [3.63, 3.8) is 0 Å². The van der Waals surface area contributed by atoms with E-state index in [1.54, 1.807) is 19.1 Å². The largest absolute Gasteiger partial charge is 0.396 e. The van der Waals surface area contributed by atoms with E-state index in [4.69, 9.17) is 5.11 Å². The molecule has 0 spiro atoms. The van der Waals surface area contributed by atoms with Crippen molar-refractivity contribution < 1.29 is 14.6 Å². The summed E-state index contributed by atoms with van der Waals surface area (Å²) in [5, 5.41) is 19.0. The lowest BCUT2D eigenvalue weighted by molar-refractivity contribution is 0.0958. The minimum absolute atomic E-state index is 0.0111. The standard InChI is InChI=1S/C16H20FNO2/c1-12(7-10-19)16(20)14-6-5-13(11-15(14)17)18-8-3-2-4-9-18/h2-6,8,11-12,16,19-20H,7,9-10H2,1H3. The minimum Gasteiger partial charge on any atom is -0.396 e. The average molecular weight is 277 g/mol. The van der Waals surface area contributed by atoms with Gasteiger partial charge in [-0.05, 0) is 30.5 Å². The van der Waals surface area contributed by atoms with E-state index in [0.29, 0.717) is 13.0 Å². The summed E-state index contributed by atoms with van der Waals surface area (Å²) in [5.41, 5.74) is 1.04. The molecular formula is C16H20FNO2. The lowest BCUT2D eigenvalue weighted by Crippen LogP contribution is -2.18. The number of hydrogen-bond acceptors (Lipinski definition) is 3. The summed E-state index contributed by atoms with van der Waals surface area (Å²) in [5.74, 6) is -0.596. The van der Waals surface area contributed by atoms with Gasteiger partial charge in [0, 0.05) is 30.6 Å². The number of halogens is 1. The maximum Gasteiger partial charge on any atom is 0.131 e. The molecule has 3 nitrogen and oxygen atoms in total. The third-order valence-corrected chi connectivity index (χ3v) is 3.57. The molecule has 20 heavy (non-hydrogen) atoms. The van der Waals surface area contributed by atoms with Gasteiger partial charge in [0.2, 0.25) is 0 Å². The Hall–Kier alpha value is -1.65. The minimum atomic E-state index is -0.895. The Morgan fingerprint density at radius 2 is 2.15 bits per heavy atom. The summed E-state index contributed by atoms with van der Waals surface area (Å²) < 4.78 is 14.2. The van der Waals surface area contributed by atoms with E-state index in [-0.39, 0.29) is 18.1 Å². The Bertz CT molecular complexity index is 513. The summed E-state index contributed by atoms with van der Waals surface area (Å²) in [4.78, 5) is 1.93. The third-order valence-electron chi connectivity index (χ3n) is 3.57. The van der Waals surface area contributed by atoms with Crippen LogP contribution in [0.2, 0.25) is 0 Å². The molecule has 1 aromatic carbocycles. The summed E-state index contributed by atoms with van der Waals surface area (Å²) in [6.07, 6.45) is 7.27. The van der Waals surface area contributed by atoms with E-state index in [0.717, 1.165) is 5.69 Å². The van der Waals surface area contributed by atoms with Crippen LogP contribution >= 0.6 is 0 Å². The van der Waals surface area contributed by atoms with Crippen molar-refractivity contribution in [2.75, 3.05) is 18.1 Å². The van der Waals surface area contributed by atoms with Crippen LogP contribution in [-0.4, -0.2) is 23.4 Å². The summed E-state index contributed by atoms with van der Waals surface area (Å²) in [6.45, 7) is 2.49. The van der Waals surface area contributed by atoms with E-state index < -0.39 is 11.9 Å². The number of aliphatic hydroxyl groups excluding tert-OH is 2. The van der Waals surface area contributed by atoms with E-state index in [1.165, 1.54) is 6.07 Å². The molecule has 1 aliphatic heterocycles. The first-order chi connectivity index (χ1) is 9.63. The van der Waals surface area contributed by atoms with E-state index in [9.17, 15) is 9.50 Å². The highest BCUT2D eigenvalue weighted by atomic mass is 19.1. The number of aliphatic hydroxyl groups is 2. The first kappa shape index (κ1) is 14.8. The number of nitrogens with zero attached hydrogens (tertiary/aromatic N) is 1. The Balaban J connectivity index is 2.17. The highest BCUT2D eigenvalue weighted by Crippen LogP contribution is 2.29. The second-order valence-corrected chi connectivity index (χ2v) is 5.06. The van der Waals surface area contributed by atoms with Gasteiger partial charge in [0.15, 0.2) is 0 Å². The molecule has 0 saturated heterocycles. The predicted molar refractivity (Wildman–Crippen MR) is 77.9 cm³/mol. The fraction of sp³-hybridized carbons (Fsp3) is 0.375. The smallest absolute Gasteiger partial charge is 0.131 e. The molecular weight excluding hydrogens is 257 g/mol. The zero-order valence-electron chi connectivity index (χ0n) is 11.5. The molecule has 0 fully saturated rings. The molecule has 0 aromatic heterocycles. The predicted octanol–water partition coefficient (Wildman–Crippen LogP) is 2.77. The van der Waals surface area contributed by atoms with E-state index >= 15 is 0 Å². The number of allylic oxidation sites excluding steroid dienone is 2. The Kier molecular flexibility index (Phi) is 4.93. The van der Waals surface area contributed by atoms with Crippen LogP contribution in [0.4, 0.5) is 10.1 Å². The SMILES string of the molecule is CC(CCO)C(O)c1ccc(N2C=CC=CC2)cc1F. The third kappa shape index (κ3) is 3.26. The second kappa shape index (κ2) is 6.68. The molecule has 0 bridgehead atoms. The zero-order valence-corrected chi connectivity index (χ0v) is 11.5. The average Bonchev–Trinajstić information content (AvgIpc) is 2.47. The fourth-order valence-corrected chi connectivity index (χ4v) is 2.26. The molecule has 0 saturated carbocycles. The molecule has 1 aliphatic rings. The second-order valence-electron chi connectivity index (χ2n) is 5.06. The van der Waals surface area contributed by atoms with Crippen LogP contribution in [0.3, 0.4) is 0 Å². The molecule has 2 atom stereocenters. The molecule has 2 rings (SSSR count). The van der Waals surface area contributed by atoms with Gasteiger partial charge in [0.05, 0.1) is 6.10 Å². The fourth-order valence-electron chi connectivity index (χ4n) is 2.26. The molecule has 0 radical (unpaired) electrons. The summed E-state index contributed by atoms with van der Waals surface area (Å²) in [7, 11) is 0. The number of anilines is 1. The van der Waals surface area contributed by atoms with Crippen molar-refractivity contribution in [1.82, 2.24) is 0 Å². The van der Waals surface area contributed by atoms with Crippen LogP contribution < -0.4 is 4.90 Å². The van der Waals surface area contributed by atoms with Crippen LogP contribution in [0.25, 0.3) is 0 Å². The van der Waals surface area contributed by atoms with E-state index in [1.807, 2.05) is 29.3 Å². The van der Waals surface area contributed by atoms with Gasteiger partial charge in [0.1, 0.15) is 5.82 Å². The van der Waals surface area contributed by atoms with Crippen LogP contribution in [-0.2, 0) is 0 Å². The summed E-state index contributed by atoms with van der Waals surface area (Å²) >= 11 is 0. The lowest BCUT2D eigenvalue weighted by atomic mass is 9.94. The molecule has 1 aromatic rings. The molecule has 108 valence electrons. The van der Waals surface area contributed by atoms with Gasteiger partial charge < -0.3 is 15.1 Å². The number of benzene rings is 1. The van der Waals surface area contributed by atoms with E-state index in [2.05, 4.69) is 0 Å². The van der Waals surface area contributed by atoms with Gasteiger partial charge in [-0.15, -0.1) is 0 Å². The normalized spacial score (nSPS) is 17.3. The first-order valence-electron chi connectivity index (χ1n) is 6.82. The topological polar surface area (TPSA) is 43.7 Å². The van der Waals surface area contributed by atoms with Gasteiger partial charge in [0.25, 0.3) is 0 Å².